The summed E-state index contributed by atoms with van der Waals surface area (Å²) in [6.07, 6.45) is 3.61. The minimum atomic E-state index is -0.0407. The van der Waals surface area contributed by atoms with Crippen molar-refractivity contribution >= 4 is 28.8 Å². The zero-order valence-electron chi connectivity index (χ0n) is 18.1. The summed E-state index contributed by atoms with van der Waals surface area (Å²) >= 11 is 6.25. The van der Waals surface area contributed by atoms with Crippen LogP contribution in [-0.2, 0) is 4.74 Å². The molecule has 0 aliphatic carbocycles. The van der Waals surface area contributed by atoms with Gasteiger partial charge in [-0.1, -0.05) is 11.6 Å². The van der Waals surface area contributed by atoms with Gasteiger partial charge in [0.25, 0.3) is 0 Å². The predicted octanol–water partition coefficient (Wildman–Crippen LogP) is 3.32. The molecule has 33 heavy (non-hydrogen) atoms. The smallest absolute Gasteiger partial charge is 0.154 e. The maximum Gasteiger partial charge on any atom is 0.154 e. The summed E-state index contributed by atoms with van der Waals surface area (Å²) in [5, 5.41) is 11.7. The van der Waals surface area contributed by atoms with E-state index in [1.807, 2.05) is 54.9 Å². The van der Waals surface area contributed by atoms with Crippen LogP contribution in [0.1, 0.15) is 11.5 Å². The molecule has 3 atom stereocenters. The van der Waals surface area contributed by atoms with Gasteiger partial charge in [0.1, 0.15) is 34.8 Å². The summed E-state index contributed by atoms with van der Waals surface area (Å²) in [7, 11) is 0. The number of fused-ring (bicyclic) bond motifs is 3. The zero-order valence-corrected chi connectivity index (χ0v) is 18.9. The number of aromatic nitrogens is 5. The summed E-state index contributed by atoms with van der Waals surface area (Å²) in [6.45, 7) is 5.27. The molecule has 6 rings (SSSR count). The SMILES string of the molecule is Cc1cc(Nc2cc3cc(-c4cc(Cl)ncc4O[C@@H]4[C@@H]5CO[C@H]4CN5)ccn3n2)nc(C)n1. The van der Waals surface area contributed by atoms with Gasteiger partial charge in [0.15, 0.2) is 5.82 Å². The van der Waals surface area contributed by atoms with Crippen molar-refractivity contribution in [3.63, 3.8) is 0 Å². The van der Waals surface area contributed by atoms with Gasteiger partial charge in [-0.15, -0.1) is 0 Å². The quantitative estimate of drug-likeness (QED) is 0.435. The second-order valence-electron chi connectivity index (χ2n) is 8.35. The van der Waals surface area contributed by atoms with Crippen molar-refractivity contribution < 1.29 is 9.47 Å². The molecule has 2 N–H and O–H groups in total. The first-order chi connectivity index (χ1) is 16.0. The van der Waals surface area contributed by atoms with Gasteiger partial charge in [-0.2, -0.15) is 5.10 Å². The van der Waals surface area contributed by atoms with Crippen LogP contribution in [0.4, 0.5) is 11.6 Å². The summed E-state index contributed by atoms with van der Waals surface area (Å²) < 4.78 is 13.9. The molecule has 6 heterocycles. The normalized spacial score (nSPS) is 21.6. The number of nitrogens with one attached hydrogen (secondary N) is 2. The summed E-state index contributed by atoms with van der Waals surface area (Å²) in [6, 6.07) is 9.91. The molecular weight excluding hydrogens is 442 g/mol. The highest BCUT2D eigenvalue weighted by Crippen LogP contribution is 2.35. The van der Waals surface area contributed by atoms with E-state index in [0.717, 1.165) is 28.9 Å². The lowest BCUT2D eigenvalue weighted by Crippen LogP contribution is -2.34. The van der Waals surface area contributed by atoms with Crippen molar-refractivity contribution in [2.24, 2.45) is 0 Å². The molecule has 4 aromatic rings. The molecule has 0 amide bonds. The van der Waals surface area contributed by atoms with Crippen molar-refractivity contribution in [1.29, 1.82) is 0 Å². The highest BCUT2D eigenvalue weighted by Gasteiger charge is 2.45. The van der Waals surface area contributed by atoms with Gasteiger partial charge in [0.05, 0.1) is 24.4 Å². The molecule has 168 valence electrons. The lowest BCUT2D eigenvalue weighted by Gasteiger charge is -2.18. The second-order valence-corrected chi connectivity index (χ2v) is 8.74. The molecule has 4 aromatic heterocycles. The molecule has 0 unspecified atom stereocenters. The second kappa shape index (κ2) is 7.95. The molecule has 2 bridgehead atoms. The number of ether oxygens (including phenoxy) is 2. The van der Waals surface area contributed by atoms with Crippen molar-refractivity contribution in [3.8, 4) is 16.9 Å². The first-order valence-electron chi connectivity index (χ1n) is 10.8. The van der Waals surface area contributed by atoms with Crippen LogP contribution >= 0.6 is 11.6 Å². The standard InChI is InChI=1S/C23H22ClN7O2/c1-12-5-21(28-13(2)27-12)29-22-7-15-6-14(3-4-31(15)30-22)16-8-20(24)26-9-18(16)33-23-17-11-32-19(23)10-25-17/h3-9,17,19,23,25H,10-11H2,1-2H3,(H,27,28,29,30)/t17-,19-,23+/m0/s1. The summed E-state index contributed by atoms with van der Waals surface area (Å²) in [5.41, 5.74) is 3.65. The Labute approximate surface area is 195 Å². The Kier molecular flexibility index (Phi) is 4.90. The third-order valence-electron chi connectivity index (χ3n) is 5.93. The molecule has 10 heteroatoms. The summed E-state index contributed by atoms with van der Waals surface area (Å²) in [4.78, 5) is 13.0. The van der Waals surface area contributed by atoms with Gasteiger partial charge in [0, 0.05) is 36.1 Å². The van der Waals surface area contributed by atoms with Crippen LogP contribution in [0.2, 0.25) is 5.15 Å². The molecule has 2 saturated heterocycles. The molecule has 9 nitrogen and oxygen atoms in total. The van der Waals surface area contributed by atoms with Gasteiger partial charge < -0.3 is 20.1 Å². The van der Waals surface area contributed by atoms with E-state index in [1.54, 1.807) is 6.20 Å². The highest BCUT2D eigenvalue weighted by molar-refractivity contribution is 6.29. The van der Waals surface area contributed by atoms with Gasteiger partial charge in [-0.25, -0.2) is 19.5 Å². The van der Waals surface area contributed by atoms with Crippen LogP contribution in [0.25, 0.3) is 16.6 Å². The molecule has 0 radical (unpaired) electrons. The lowest BCUT2D eigenvalue weighted by atomic mass is 10.1. The Morgan fingerprint density at radius 3 is 2.85 bits per heavy atom. The Morgan fingerprint density at radius 2 is 2.09 bits per heavy atom. The first-order valence-corrected chi connectivity index (χ1v) is 11.2. The number of nitrogens with zero attached hydrogens (tertiary/aromatic N) is 5. The van der Waals surface area contributed by atoms with Gasteiger partial charge in [-0.3, -0.25) is 0 Å². The van der Waals surface area contributed by atoms with Crippen LogP contribution < -0.4 is 15.4 Å². The number of aryl methyl sites for hydroxylation is 2. The third kappa shape index (κ3) is 3.88. The molecule has 2 aliphatic rings. The number of halogens is 1. The molecule has 2 aliphatic heterocycles. The van der Waals surface area contributed by atoms with Crippen molar-refractivity contribution in [2.45, 2.75) is 32.1 Å². The van der Waals surface area contributed by atoms with E-state index >= 15 is 0 Å². The van der Waals surface area contributed by atoms with E-state index in [2.05, 4.69) is 30.7 Å². The molecule has 0 spiro atoms. The van der Waals surface area contributed by atoms with Crippen LogP contribution in [-0.4, -0.2) is 56.0 Å². The minimum Gasteiger partial charge on any atom is -0.484 e. The Bertz CT molecular complexity index is 1320. The van der Waals surface area contributed by atoms with Gasteiger partial charge in [-0.05, 0) is 37.6 Å². The van der Waals surface area contributed by atoms with Crippen LogP contribution in [0.15, 0.2) is 42.7 Å². The number of pyridine rings is 2. The Hall–Kier alpha value is -3.27. The molecule has 0 saturated carbocycles. The van der Waals surface area contributed by atoms with Crippen molar-refractivity contribution in [3.05, 3.63) is 59.4 Å². The lowest BCUT2D eigenvalue weighted by molar-refractivity contribution is 0.0596. The number of anilines is 2. The van der Waals surface area contributed by atoms with Crippen LogP contribution in [0.5, 0.6) is 5.75 Å². The topological polar surface area (TPSA) is 98.5 Å². The predicted molar refractivity (Wildman–Crippen MR) is 124 cm³/mol. The van der Waals surface area contributed by atoms with E-state index in [0.29, 0.717) is 35.0 Å². The fraction of sp³-hybridized carbons (Fsp3) is 0.304. The average Bonchev–Trinajstić information content (AvgIpc) is 3.47. The minimum absolute atomic E-state index is 0.0407. The fourth-order valence-corrected chi connectivity index (χ4v) is 4.63. The van der Waals surface area contributed by atoms with Crippen LogP contribution in [0, 0.1) is 13.8 Å². The van der Waals surface area contributed by atoms with E-state index in [-0.39, 0.29) is 18.2 Å². The fourth-order valence-electron chi connectivity index (χ4n) is 4.47. The maximum atomic E-state index is 6.36. The molecule has 0 aromatic carbocycles. The Morgan fingerprint density at radius 1 is 1.18 bits per heavy atom. The van der Waals surface area contributed by atoms with E-state index in [4.69, 9.17) is 21.1 Å². The van der Waals surface area contributed by atoms with Crippen LogP contribution in [0.3, 0.4) is 0 Å². The summed E-state index contributed by atoms with van der Waals surface area (Å²) in [5.74, 6) is 2.80. The number of hydrogen-bond acceptors (Lipinski definition) is 8. The van der Waals surface area contributed by atoms with E-state index in [1.165, 1.54) is 0 Å². The number of rotatable bonds is 5. The largest absolute Gasteiger partial charge is 0.484 e. The average molecular weight is 464 g/mol. The van der Waals surface area contributed by atoms with Crippen molar-refractivity contribution in [2.75, 3.05) is 18.5 Å². The maximum absolute atomic E-state index is 6.36. The molecule has 2 fully saturated rings. The Balaban J connectivity index is 1.32. The molecular formula is C23H22ClN7O2. The third-order valence-corrected chi connectivity index (χ3v) is 6.13. The monoisotopic (exact) mass is 463 g/mol. The van der Waals surface area contributed by atoms with Gasteiger partial charge in [0.2, 0.25) is 0 Å². The zero-order chi connectivity index (χ0) is 22.5. The van der Waals surface area contributed by atoms with E-state index in [9.17, 15) is 0 Å². The van der Waals surface area contributed by atoms with E-state index < -0.39 is 0 Å². The van der Waals surface area contributed by atoms with Crippen molar-refractivity contribution in [1.82, 2.24) is 29.9 Å². The number of morpholine rings is 1. The first kappa shape index (κ1) is 20.3. The number of hydrogen-bond donors (Lipinski definition) is 2. The van der Waals surface area contributed by atoms with Gasteiger partial charge >= 0.3 is 0 Å². The highest BCUT2D eigenvalue weighted by atomic mass is 35.5.